The average Bonchev–Trinajstić information content (AvgIpc) is 2.72. The monoisotopic (exact) mass is 414 g/mol. The van der Waals surface area contributed by atoms with Crippen molar-refractivity contribution in [1.29, 1.82) is 0 Å². The highest BCUT2D eigenvalue weighted by molar-refractivity contribution is 7.91. The van der Waals surface area contributed by atoms with Crippen LogP contribution in [0.1, 0.15) is 25.0 Å². The minimum absolute atomic E-state index is 0.139. The lowest BCUT2D eigenvalue weighted by Gasteiger charge is -2.06. The second-order valence-electron chi connectivity index (χ2n) is 5.81. The van der Waals surface area contributed by atoms with Crippen LogP contribution in [0.2, 0.25) is 0 Å². The van der Waals surface area contributed by atoms with Crippen LogP contribution in [0.3, 0.4) is 0 Å². The van der Waals surface area contributed by atoms with E-state index in [1.807, 2.05) is 0 Å². The van der Waals surface area contributed by atoms with Crippen molar-refractivity contribution in [2.45, 2.75) is 23.6 Å². The van der Waals surface area contributed by atoms with Crippen molar-refractivity contribution in [3.63, 3.8) is 0 Å². The maximum absolute atomic E-state index is 12.8. The Kier molecular flexibility index (Phi) is 7.91. The highest BCUT2D eigenvalue weighted by Crippen LogP contribution is 2.22. The second kappa shape index (κ2) is 10.4. The van der Waals surface area contributed by atoms with E-state index < -0.39 is 21.8 Å². The van der Waals surface area contributed by atoms with E-state index in [1.54, 1.807) is 50.3 Å². The maximum atomic E-state index is 12.8. The first-order valence-corrected chi connectivity index (χ1v) is 10.5. The van der Waals surface area contributed by atoms with Gasteiger partial charge in [-0.25, -0.2) is 18.0 Å². The van der Waals surface area contributed by atoms with Crippen LogP contribution in [0, 0.1) is 0 Å². The second-order valence-corrected chi connectivity index (χ2v) is 7.76. The van der Waals surface area contributed by atoms with Gasteiger partial charge in [-0.3, -0.25) is 0 Å². The van der Waals surface area contributed by atoms with Gasteiger partial charge >= 0.3 is 11.9 Å². The van der Waals surface area contributed by atoms with Crippen molar-refractivity contribution in [3.05, 3.63) is 71.8 Å². The van der Waals surface area contributed by atoms with E-state index in [4.69, 9.17) is 9.47 Å². The van der Waals surface area contributed by atoms with Gasteiger partial charge in [-0.05, 0) is 61.4 Å². The summed E-state index contributed by atoms with van der Waals surface area (Å²) in [6.45, 7) is 4.01. The molecule has 0 aliphatic rings. The number of esters is 2. The quantitative estimate of drug-likeness (QED) is 0.484. The Bertz CT molecular complexity index is 923. The zero-order chi connectivity index (χ0) is 21.3. The van der Waals surface area contributed by atoms with Gasteiger partial charge in [0.25, 0.3) is 0 Å². The van der Waals surface area contributed by atoms with Crippen molar-refractivity contribution in [2.24, 2.45) is 0 Å². The van der Waals surface area contributed by atoms with Crippen LogP contribution in [-0.4, -0.2) is 33.6 Å². The molecule has 0 aromatic heterocycles. The molecule has 29 heavy (non-hydrogen) atoms. The third-order valence-electron chi connectivity index (χ3n) is 3.78. The molecule has 2 aromatic carbocycles. The Morgan fingerprint density at radius 2 is 1.07 bits per heavy atom. The molecular weight excluding hydrogens is 392 g/mol. The minimum atomic E-state index is -3.68. The van der Waals surface area contributed by atoms with Crippen LogP contribution >= 0.6 is 0 Å². The molecule has 0 spiro atoms. The van der Waals surface area contributed by atoms with Gasteiger partial charge in [0.1, 0.15) is 0 Å². The lowest BCUT2D eigenvalue weighted by Crippen LogP contribution is -2.02. The van der Waals surface area contributed by atoms with E-state index in [9.17, 15) is 18.0 Å². The number of sulfone groups is 1. The summed E-state index contributed by atoms with van der Waals surface area (Å²) in [4.78, 5) is 23.0. The van der Waals surface area contributed by atoms with Gasteiger partial charge in [-0.15, -0.1) is 0 Å². The lowest BCUT2D eigenvalue weighted by molar-refractivity contribution is -0.138. The van der Waals surface area contributed by atoms with Gasteiger partial charge in [0, 0.05) is 12.2 Å². The van der Waals surface area contributed by atoms with Crippen molar-refractivity contribution in [3.8, 4) is 0 Å². The first-order chi connectivity index (χ1) is 13.9. The molecule has 6 nitrogen and oxygen atoms in total. The van der Waals surface area contributed by atoms with Crippen molar-refractivity contribution >= 4 is 33.9 Å². The fourth-order valence-corrected chi connectivity index (χ4v) is 3.62. The molecular formula is C22H22O6S. The van der Waals surface area contributed by atoms with Crippen LogP contribution < -0.4 is 0 Å². The predicted molar refractivity (Wildman–Crippen MR) is 110 cm³/mol. The Morgan fingerprint density at radius 1 is 0.724 bits per heavy atom. The summed E-state index contributed by atoms with van der Waals surface area (Å²) in [5, 5.41) is 0. The maximum Gasteiger partial charge on any atom is 0.330 e. The molecule has 0 bridgehead atoms. The molecule has 2 rings (SSSR count). The van der Waals surface area contributed by atoms with Gasteiger partial charge in [0.15, 0.2) is 0 Å². The van der Waals surface area contributed by atoms with Crippen LogP contribution in [0.5, 0.6) is 0 Å². The summed E-state index contributed by atoms with van der Waals surface area (Å²) in [5.41, 5.74) is 1.35. The van der Waals surface area contributed by atoms with Gasteiger partial charge in [0.05, 0.1) is 23.0 Å². The standard InChI is InChI=1S/C22H22O6S/c1-3-27-21(23)15-9-17-5-11-19(12-6-17)29(25,26)20-13-7-18(8-14-20)10-16-22(24)28-4-2/h5-16H,3-4H2,1-2H3/b15-9+,16-10+. The molecule has 152 valence electrons. The van der Waals surface area contributed by atoms with E-state index in [2.05, 4.69) is 0 Å². The summed E-state index contributed by atoms with van der Waals surface area (Å²) in [7, 11) is -3.68. The largest absolute Gasteiger partial charge is 0.463 e. The number of ether oxygens (including phenoxy) is 2. The molecule has 0 fully saturated rings. The topological polar surface area (TPSA) is 86.7 Å². The molecule has 0 aliphatic heterocycles. The molecule has 0 atom stereocenters. The Hall–Kier alpha value is -3.19. The summed E-state index contributed by atoms with van der Waals surface area (Å²) in [6.07, 6.45) is 5.68. The molecule has 0 amide bonds. The zero-order valence-electron chi connectivity index (χ0n) is 16.2. The Morgan fingerprint density at radius 3 is 1.38 bits per heavy atom. The van der Waals surface area contributed by atoms with E-state index >= 15 is 0 Å². The zero-order valence-corrected chi connectivity index (χ0v) is 17.0. The van der Waals surface area contributed by atoms with Crippen molar-refractivity contribution in [2.75, 3.05) is 13.2 Å². The van der Waals surface area contributed by atoms with E-state index in [0.717, 1.165) is 0 Å². The molecule has 0 aliphatic carbocycles. The third-order valence-corrected chi connectivity index (χ3v) is 5.56. The number of carbonyl (C=O) groups excluding carboxylic acids is 2. The number of rotatable bonds is 8. The molecule has 0 N–H and O–H groups in total. The highest BCUT2D eigenvalue weighted by Gasteiger charge is 2.17. The molecule has 0 unspecified atom stereocenters. The normalized spacial score (nSPS) is 11.7. The smallest absolute Gasteiger partial charge is 0.330 e. The molecule has 7 heteroatoms. The van der Waals surface area contributed by atoms with E-state index in [-0.39, 0.29) is 23.0 Å². The first-order valence-electron chi connectivity index (χ1n) is 9.01. The molecule has 0 saturated carbocycles. The molecule has 0 heterocycles. The molecule has 0 radical (unpaired) electrons. The van der Waals surface area contributed by atoms with Crippen LogP contribution in [0.15, 0.2) is 70.5 Å². The SMILES string of the molecule is CCOC(=O)/C=C/c1ccc(S(=O)(=O)c2ccc(/C=C/C(=O)OCC)cc2)cc1. The lowest BCUT2D eigenvalue weighted by atomic mass is 10.2. The Labute approximate surface area is 170 Å². The first kappa shape index (κ1) is 22.1. The van der Waals surface area contributed by atoms with Crippen molar-refractivity contribution < 1.29 is 27.5 Å². The van der Waals surface area contributed by atoms with Gasteiger partial charge < -0.3 is 9.47 Å². The van der Waals surface area contributed by atoms with Gasteiger partial charge in [0.2, 0.25) is 9.84 Å². The van der Waals surface area contributed by atoms with Gasteiger partial charge in [-0.2, -0.15) is 0 Å². The summed E-state index contributed by atoms with van der Waals surface area (Å²) in [5.74, 6) is -0.914. The number of hydrogen-bond donors (Lipinski definition) is 0. The van der Waals surface area contributed by atoms with E-state index in [0.29, 0.717) is 11.1 Å². The number of benzene rings is 2. The van der Waals surface area contributed by atoms with Crippen LogP contribution in [-0.2, 0) is 28.9 Å². The minimum Gasteiger partial charge on any atom is -0.463 e. The Balaban J connectivity index is 2.14. The van der Waals surface area contributed by atoms with Crippen molar-refractivity contribution in [1.82, 2.24) is 0 Å². The van der Waals surface area contributed by atoms with Crippen LogP contribution in [0.4, 0.5) is 0 Å². The molecule has 0 saturated heterocycles. The summed E-state index contributed by atoms with van der Waals surface area (Å²) in [6, 6.07) is 12.4. The predicted octanol–water partition coefficient (Wildman–Crippen LogP) is 3.67. The average molecular weight is 414 g/mol. The van der Waals surface area contributed by atoms with Gasteiger partial charge in [-0.1, -0.05) is 24.3 Å². The third kappa shape index (κ3) is 6.43. The van der Waals surface area contributed by atoms with Crippen LogP contribution in [0.25, 0.3) is 12.2 Å². The number of hydrogen-bond acceptors (Lipinski definition) is 6. The number of carbonyl (C=O) groups is 2. The fraction of sp³-hybridized carbons (Fsp3) is 0.182. The summed E-state index contributed by atoms with van der Waals surface area (Å²) >= 11 is 0. The fourth-order valence-electron chi connectivity index (χ4n) is 2.36. The summed E-state index contributed by atoms with van der Waals surface area (Å²) < 4.78 is 35.1. The molecule has 2 aromatic rings. The highest BCUT2D eigenvalue weighted by atomic mass is 32.2. The van der Waals surface area contributed by atoms with E-state index in [1.165, 1.54) is 36.4 Å².